The van der Waals surface area contributed by atoms with Gasteiger partial charge in [0.05, 0.1) is 0 Å². The van der Waals surface area contributed by atoms with Crippen LogP contribution in [0.5, 0.6) is 0 Å². The average Bonchev–Trinajstić information content (AvgIpc) is 2.45. The van der Waals surface area contributed by atoms with Crippen LogP contribution in [0, 0.1) is 0 Å². The van der Waals surface area contributed by atoms with E-state index in [0.29, 0.717) is 13.2 Å². The Labute approximate surface area is 121 Å². The highest BCUT2D eigenvalue weighted by Gasteiger charge is 2.43. The Balaban J connectivity index is 2.43. The molecule has 1 aliphatic heterocycles. The summed E-state index contributed by atoms with van der Waals surface area (Å²) in [6.07, 6.45) is -1.03. The molecule has 20 heavy (non-hydrogen) atoms. The van der Waals surface area contributed by atoms with Crippen LogP contribution in [0.1, 0.15) is 39.5 Å². The number of unbranched alkanes of at least 4 members (excludes halogenated alkanes) is 2. The maximum Gasteiger partial charge on any atom is 0.186 e. The molecule has 5 atom stereocenters. The first-order valence-electron chi connectivity index (χ1n) is 7.63. The summed E-state index contributed by atoms with van der Waals surface area (Å²) in [5.74, 6) is 0. The molecule has 0 aliphatic carbocycles. The van der Waals surface area contributed by atoms with Crippen LogP contribution in [-0.4, -0.2) is 65.7 Å². The van der Waals surface area contributed by atoms with Gasteiger partial charge in [-0.05, 0) is 19.4 Å². The lowest BCUT2D eigenvalue weighted by Crippen LogP contribution is -2.60. The van der Waals surface area contributed by atoms with Crippen LogP contribution in [-0.2, 0) is 9.47 Å². The van der Waals surface area contributed by atoms with Gasteiger partial charge in [0.15, 0.2) is 6.29 Å². The Kier molecular flexibility index (Phi) is 8.60. The molecule has 0 aromatic heterocycles. The zero-order chi connectivity index (χ0) is 15.0. The van der Waals surface area contributed by atoms with Crippen molar-refractivity contribution in [2.24, 2.45) is 0 Å². The van der Waals surface area contributed by atoms with E-state index in [1.807, 2.05) is 6.92 Å². The van der Waals surface area contributed by atoms with Gasteiger partial charge in [-0.2, -0.15) is 0 Å². The summed E-state index contributed by atoms with van der Waals surface area (Å²) in [6, 6.07) is 0. The monoisotopic (exact) mass is 291 g/mol. The van der Waals surface area contributed by atoms with Gasteiger partial charge in [0.25, 0.3) is 0 Å². The molecule has 0 amide bonds. The van der Waals surface area contributed by atoms with E-state index in [4.69, 9.17) is 9.47 Å². The van der Waals surface area contributed by atoms with Crippen molar-refractivity contribution in [3.63, 3.8) is 0 Å². The Morgan fingerprint density at radius 1 is 1.00 bits per heavy atom. The summed E-state index contributed by atoms with van der Waals surface area (Å²) in [5.41, 5.74) is 0. The van der Waals surface area contributed by atoms with Gasteiger partial charge >= 0.3 is 0 Å². The predicted octanol–water partition coefficient (Wildman–Crippen LogP) is 0.000400. The van der Waals surface area contributed by atoms with Gasteiger partial charge in [-0.15, -0.1) is 0 Å². The summed E-state index contributed by atoms with van der Waals surface area (Å²) in [6.45, 7) is 5.88. The molecule has 120 valence electrons. The summed E-state index contributed by atoms with van der Waals surface area (Å²) < 4.78 is 11.0. The van der Waals surface area contributed by atoms with Crippen LogP contribution in [0.2, 0.25) is 0 Å². The third-order valence-corrected chi connectivity index (χ3v) is 3.50. The Morgan fingerprint density at radius 2 is 1.70 bits per heavy atom. The second-order valence-corrected chi connectivity index (χ2v) is 5.30. The first-order chi connectivity index (χ1) is 9.61. The van der Waals surface area contributed by atoms with Crippen LogP contribution in [0.15, 0.2) is 0 Å². The van der Waals surface area contributed by atoms with Crippen molar-refractivity contribution >= 4 is 0 Å². The highest BCUT2D eigenvalue weighted by molar-refractivity contribution is 4.90. The van der Waals surface area contributed by atoms with E-state index in [-0.39, 0.29) is 0 Å². The zero-order valence-electron chi connectivity index (χ0n) is 12.5. The van der Waals surface area contributed by atoms with E-state index in [9.17, 15) is 15.3 Å². The molecule has 0 aromatic rings. The van der Waals surface area contributed by atoms with E-state index in [2.05, 4.69) is 12.2 Å². The second kappa shape index (κ2) is 9.65. The fourth-order valence-corrected chi connectivity index (χ4v) is 2.11. The summed E-state index contributed by atoms with van der Waals surface area (Å²) in [4.78, 5) is 0. The standard InChI is InChI=1S/C14H29NO5/c1-3-5-7-15-9-10-11(16)12(17)13(18)14(20-10)19-8-6-4-2/h10-18H,3-9H2,1-2H3/t10-,11-,12+,13-,14+/m1/s1. The van der Waals surface area contributed by atoms with E-state index >= 15 is 0 Å². The molecule has 4 N–H and O–H groups in total. The number of hydrogen-bond acceptors (Lipinski definition) is 6. The van der Waals surface area contributed by atoms with E-state index in [1.54, 1.807) is 0 Å². The normalized spacial score (nSPS) is 34.4. The third-order valence-electron chi connectivity index (χ3n) is 3.50. The number of hydrogen-bond donors (Lipinski definition) is 4. The van der Waals surface area contributed by atoms with Crippen molar-refractivity contribution < 1.29 is 24.8 Å². The number of aliphatic hydroxyl groups excluding tert-OH is 3. The van der Waals surface area contributed by atoms with Crippen LogP contribution in [0.25, 0.3) is 0 Å². The van der Waals surface area contributed by atoms with Gasteiger partial charge in [0, 0.05) is 13.2 Å². The van der Waals surface area contributed by atoms with Gasteiger partial charge in [0.2, 0.25) is 0 Å². The average molecular weight is 291 g/mol. The molecule has 6 heteroatoms. The maximum atomic E-state index is 9.92. The molecule has 0 saturated carbocycles. The molecular weight excluding hydrogens is 262 g/mol. The van der Waals surface area contributed by atoms with Gasteiger partial charge in [0.1, 0.15) is 24.4 Å². The first-order valence-corrected chi connectivity index (χ1v) is 7.63. The topological polar surface area (TPSA) is 91.2 Å². The van der Waals surface area contributed by atoms with Crippen LogP contribution in [0.4, 0.5) is 0 Å². The van der Waals surface area contributed by atoms with Crippen molar-refractivity contribution in [2.75, 3.05) is 19.7 Å². The number of aliphatic hydroxyl groups is 3. The van der Waals surface area contributed by atoms with E-state index in [1.165, 1.54) is 0 Å². The van der Waals surface area contributed by atoms with Crippen molar-refractivity contribution in [1.82, 2.24) is 5.32 Å². The highest BCUT2D eigenvalue weighted by atomic mass is 16.7. The lowest BCUT2D eigenvalue weighted by Gasteiger charge is -2.40. The fraction of sp³-hybridized carbons (Fsp3) is 1.00. The molecule has 0 bridgehead atoms. The first kappa shape index (κ1) is 17.8. The molecule has 0 unspecified atom stereocenters. The van der Waals surface area contributed by atoms with Crippen molar-refractivity contribution in [3.05, 3.63) is 0 Å². The summed E-state index contributed by atoms with van der Waals surface area (Å²) in [7, 11) is 0. The third kappa shape index (κ3) is 5.27. The minimum atomic E-state index is -1.24. The Hall–Kier alpha value is -0.240. The molecular formula is C14H29NO5. The van der Waals surface area contributed by atoms with Crippen molar-refractivity contribution in [2.45, 2.75) is 70.2 Å². The lowest BCUT2D eigenvalue weighted by atomic mass is 9.99. The zero-order valence-corrected chi connectivity index (χ0v) is 12.5. The largest absolute Gasteiger partial charge is 0.388 e. The lowest BCUT2D eigenvalue weighted by molar-refractivity contribution is -0.295. The molecule has 0 spiro atoms. The molecule has 1 saturated heterocycles. The Bertz CT molecular complexity index is 252. The number of rotatable bonds is 9. The van der Waals surface area contributed by atoms with Gasteiger partial charge in [-0.25, -0.2) is 0 Å². The summed E-state index contributed by atoms with van der Waals surface area (Å²) >= 11 is 0. The van der Waals surface area contributed by atoms with Crippen LogP contribution < -0.4 is 5.32 Å². The molecule has 1 fully saturated rings. The minimum Gasteiger partial charge on any atom is -0.388 e. The number of nitrogens with one attached hydrogen (secondary N) is 1. The smallest absolute Gasteiger partial charge is 0.186 e. The van der Waals surface area contributed by atoms with Gasteiger partial charge < -0.3 is 30.1 Å². The van der Waals surface area contributed by atoms with Gasteiger partial charge in [-0.1, -0.05) is 26.7 Å². The van der Waals surface area contributed by atoms with Crippen LogP contribution >= 0.6 is 0 Å². The molecule has 0 radical (unpaired) electrons. The summed E-state index contributed by atoms with van der Waals surface area (Å²) in [5, 5.41) is 32.8. The molecule has 6 nitrogen and oxygen atoms in total. The highest BCUT2D eigenvalue weighted by Crippen LogP contribution is 2.22. The van der Waals surface area contributed by atoms with Gasteiger partial charge in [-0.3, -0.25) is 0 Å². The van der Waals surface area contributed by atoms with Crippen LogP contribution in [0.3, 0.4) is 0 Å². The van der Waals surface area contributed by atoms with E-state index in [0.717, 1.165) is 32.2 Å². The SMILES string of the molecule is CCCCNC[C@H]1O[C@H](OCCCC)[C@H](O)[C@@H](O)[C@@H]1O. The molecule has 1 aliphatic rings. The molecule has 1 rings (SSSR count). The Morgan fingerprint density at radius 3 is 2.35 bits per heavy atom. The number of ether oxygens (including phenoxy) is 2. The molecule has 1 heterocycles. The quantitative estimate of drug-likeness (QED) is 0.447. The van der Waals surface area contributed by atoms with Crippen molar-refractivity contribution in [3.8, 4) is 0 Å². The second-order valence-electron chi connectivity index (χ2n) is 5.30. The predicted molar refractivity (Wildman–Crippen MR) is 75.3 cm³/mol. The van der Waals surface area contributed by atoms with E-state index < -0.39 is 30.7 Å². The minimum absolute atomic E-state index is 0.429. The molecule has 0 aromatic carbocycles. The van der Waals surface area contributed by atoms with Crippen molar-refractivity contribution in [1.29, 1.82) is 0 Å². The maximum absolute atomic E-state index is 9.92. The fourth-order valence-electron chi connectivity index (χ4n) is 2.11.